The van der Waals surface area contributed by atoms with Crippen LogP contribution in [0.1, 0.15) is 18.4 Å². The van der Waals surface area contributed by atoms with Crippen LogP contribution in [0.2, 0.25) is 5.02 Å². The van der Waals surface area contributed by atoms with E-state index in [9.17, 15) is 14.4 Å². The molecule has 1 atom stereocenters. The molecule has 8 heteroatoms. The van der Waals surface area contributed by atoms with Gasteiger partial charge in [-0.2, -0.15) is 5.10 Å². The number of ether oxygens (including phenoxy) is 1. The third kappa shape index (κ3) is 3.25. The standard InChI is InChI=1S/C20H16ClN3O4/c21-14-7-4-8-15(9-14)24-17(25)11-20(19(24)27)10-16(22-23-20)18(26)28-12-13-5-2-1-3-6-13/h1-9,23H,10-12H2/t20-/m0/s1. The summed E-state index contributed by atoms with van der Waals surface area (Å²) in [5.74, 6) is -1.46. The number of benzene rings is 2. The highest BCUT2D eigenvalue weighted by molar-refractivity contribution is 6.39. The van der Waals surface area contributed by atoms with Gasteiger partial charge in [0.2, 0.25) is 5.91 Å². The van der Waals surface area contributed by atoms with Crippen LogP contribution in [0.15, 0.2) is 59.7 Å². The van der Waals surface area contributed by atoms with Gasteiger partial charge in [0, 0.05) is 11.4 Å². The normalized spacial score (nSPS) is 21.0. The molecule has 28 heavy (non-hydrogen) atoms. The summed E-state index contributed by atoms with van der Waals surface area (Å²) < 4.78 is 5.27. The molecular formula is C20H16ClN3O4. The number of hydrazone groups is 1. The van der Waals surface area contributed by atoms with Gasteiger partial charge in [-0.3, -0.25) is 15.0 Å². The molecule has 2 amide bonds. The number of esters is 1. The number of rotatable bonds is 4. The number of nitrogens with one attached hydrogen (secondary N) is 1. The van der Waals surface area contributed by atoms with Crippen LogP contribution < -0.4 is 10.3 Å². The van der Waals surface area contributed by atoms with E-state index in [2.05, 4.69) is 10.5 Å². The smallest absolute Gasteiger partial charge is 0.354 e. The molecule has 1 fully saturated rings. The van der Waals surface area contributed by atoms with Crippen LogP contribution in [-0.2, 0) is 25.7 Å². The van der Waals surface area contributed by atoms with Crippen molar-refractivity contribution in [2.75, 3.05) is 4.90 Å². The van der Waals surface area contributed by atoms with Gasteiger partial charge in [-0.25, -0.2) is 9.69 Å². The fourth-order valence-corrected chi connectivity index (χ4v) is 3.49. The van der Waals surface area contributed by atoms with E-state index in [1.165, 1.54) is 0 Å². The van der Waals surface area contributed by atoms with Gasteiger partial charge in [0.1, 0.15) is 17.9 Å². The monoisotopic (exact) mass is 397 g/mol. The van der Waals surface area contributed by atoms with E-state index in [-0.39, 0.29) is 31.1 Å². The number of nitrogens with zero attached hydrogens (tertiary/aromatic N) is 2. The largest absolute Gasteiger partial charge is 0.456 e. The van der Waals surface area contributed by atoms with Gasteiger partial charge in [-0.15, -0.1) is 0 Å². The van der Waals surface area contributed by atoms with Crippen molar-refractivity contribution in [3.63, 3.8) is 0 Å². The number of carbonyl (C=O) groups is 3. The highest BCUT2D eigenvalue weighted by Gasteiger charge is 2.56. The van der Waals surface area contributed by atoms with Crippen molar-refractivity contribution in [2.45, 2.75) is 25.0 Å². The summed E-state index contributed by atoms with van der Waals surface area (Å²) in [5.41, 5.74) is 2.76. The van der Waals surface area contributed by atoms with Crippen molar-refractivity contribution in [1.82, 2.24) is 5.43 Å². The Balaban J connectivity index is 1.45. The number of amides is 2. The third-order valence-electron chi connectivity index (χ3n) is 4.70. The number of imide groups is 1. The van der Waals surface area contributed by atoms with Gasteiger partial charge in [0.05, 0.1) is 12.1 Å². The molecule has 2 aliphatic heterocycles. The molecule has 2 aromatic rings. The second-order valence-corrected chi connectivity index (χ2v) is 7.12. The minimum absolute atomic E-state index is 0.0116. The lowest BCUT2D eigenvalue weighted by Crippen LogP contribution is -2.47. The summed E-state index contributed by atoms with van der Waals surface area (Å²) in [5, 5.41) is 4.40. The second kappa shape index (κ2) is 7.09. The number of halogens is 1. The van der Waals surface area contributed by atoms with Crippen molar-refractivity contribution in [3.8, 4) is 0 Å². The molecule has 2 aliphatic rings. The zero-order chi connectivity index (χ0) is 19.7. The number of anilines is 1. The molecule has 2 aromatic carbocycles. The summed E-state index contributed by atoms with van der Waals surface area (Å²) in [6.07, 6.45) is -0.112. The minimum atomic E-state index is -1.26. The van der Waals surface area contributed by atoms with Gasteiger partial charge in [0.25, 0.3) is 5.91 Å². The van der Waals surface area contributed by atoms with Crippen molar-refractivity contribution in [2.24, 2.45) is 5.10 Å². The molecule has 0 unspecified atom stereocenters. The maximum absolute atomic E-state index is 13.0. The molecule has 4 rings (SSSR count). The zero-order valence-corrected chi connectivity index (χ0v) is 15.5. The fraction of sp³-hybridized carbons (Fsp3) is 0.200. The van der Waals surface area contributed by atoms with Gasteiger partial charge >= 0.3 is 5.97 Å². The SMILES string of the molecule is O=C(OCc1ccccc1)C1=NN[C@]2(CC(=O)N(c3cccc(Cl)c3)C2=O)C1. The predicted molar refractivity (Wildman–Crippen MR) is 103 cm³/mol. The Hall–Kier alpha value is -3.19. The maximum Gasteiger partial charge on any atom is 0.354 e. The number of hydrogen-bond donors (Lipinski definition) is 1. The van der Waals surface area contributed by atoms with E-state index in [0.29, 0.717) is 10.7 Å². The topological polar surface area (TPSA) is 88.1 Å². The number of carbonyl (C=O) groups excluding carboxylic acids is 3. The Morgan fingerprint density at radius 1 is 1.14 bits per heavy atom. The fourth-order valence-electron chi connectivity index (χ4n) is 3.31. The van der Waals surface area contributed by atoms with Crippen molar-refractivity contribution >= 4 is 40.8 Å². The van der Waals surface area contributed by atoms with E-state index in [0.717, 1.165) is 10.5 Å². The van der Waals surface area contributed by atoms with Crippen molar-refractivity contribution in [1.29, 1.82) is 0 Å². The summed E-state index contributed by atoms with van der Waals surface area (Å²) in [7, 11) is 0. The first-order valence-electron chi connectivity index (χ1n) is 8.66. The van der Waals surface area contributed by atoms with Gasteiger partial charge in [0.15, 0.2) is 0 Å². The molecule has 142 valence electrons. The Morgan fingerprint density at radius 3 is 2.68 bits per heavy atom. The molecule has 1 N–H and O–H groups in total. The van der Waals surface area contributed by atoms with Crippen molar-refractivity contribution in [3.05, 3.63) is 65.2 Å². The Kier molecular flexibility index (Phi) is 4.60. The van der Waals surface area contributed by atoms with Crippen molar-refractivity contribution < 1.29 is 19.1 Å². The van der Waals surface area contributed by atoms with Crippen LogP contribution in [0.4, 0.5) is 5.69 Å². The summed E-state index contributed by atoms with van der Waals surface area (Å²) in [4.78, 5) is 38.9. The molecule has 1 spiro atoms. The van der Waals surface area contributed by atoms with Gasteiger partial charge < -0.3 is 4.74 Å². The lowest BCUT2D eigenvalue weighted by molar-refractivity contribution is -0.136. The summed E-state index contributed by atoms with van der Waals surface area (Å²) >= 11 is 5.97. The Morgan fingerprint density at radius 2 is 1.93 bits per heavy atom. The van der Waals surface area contributed by atoms with E-state index in [1.807, 2.05) is 30.3 Å². The highest BCUT2D eigenvalue weighted by atomic mass is 35.5. The first-order chi connectivity index (χ1) is 13.5. The summed E-state index contributed by atoms with van der Waals surface area (Å²) in [6, 6.07) is 15.7. The second-order valence-electron chi connectivity index (χ2n) is 6.68. The van der Waals surface area contributed by atoms with E-state index >= 15 is 0 Å². The van der Waals surface area contributed by atoms with Crippen LogP contribution in [0.5, 0.6) is 0 Å². The lowest BCUT2D eigenvalue weighted by atomic mass is 9.93. The minimum Gasteiger partial charge on any atom is -0.456 e. The molecule has 1 saturated heterocycles. The average molecular weight is 398 g/mol. The van der Waals surface area contributed by atoms with Gasteiger partial charge in [-0.05, 0) is 23.8 Å². The molecule has 0 radical (unpaired) electrons. The lowest BCUT2D eigenvalue weighted by Gasteiger charge is -2.21. The van der Waals surface area contributed by atoms with E-state index < -0.39 is 17.4 Å². The average Bonchev–Trinajstić information content (AvgIpc) is 3.22. The molecule has 0 saturated carbocycles. The molecule has 0 aliphatic carbocycles. The number of hydrogen-bond acceptors (Lipinski definition) is 6. The Labute approximate surface area is 165 Å². The third-order valence-corrected chi connectivity index (χ3v) is 4.94. The molecule has 0 bridgehead atoms. The zero-order valence-electron chi connectivity index (χ0n) is 14.7. The van der Waals surface area contributed by atoms with E-state index in [1.54, 1.807) is 24.3 Å². The first kappa shape index (κ1) is 18.2. The van der Waals surface area contributed by atoms with Crippen LogP contribution in [-0.4, -0.2) is 29.0 Å². The van der Waals surface area contributed by atoms with Gasteiger partial charge in [-0.1, -0.05) is 48.0 Å². The Bertz CT molecular complexity index is 992. The highest BCUT2D eigenvalue weighted by Crippen LogP contribution is 2.35. The van der Waals surface area contributed by atoms with E-state index in [4.69, 9.17) is 16.3 Å². The molecule has 2 heterocycles. The van der Waals surface area contributed by atoms with Crippen LogP contribution in [0.3, 0.4) is 0 Å². The molecule has 7 nitrogen and oxygen atoms in total. The summed E-state index contributed by atoms with van der Waals surface area (Å²) in [6.45, 7) is 0.104. The van der Waals surface area contributed by atoms with Crippen LogP contribution >= 0.6 is 11.6 Å². The molecular weight excluding hydrogens is 382 g/mol. The molecule has 0 aromatic heterocycles. The maximum atomic E-state index is 13.0. The predicted octanol–water partition coefficient (Wildman–Crippen LogP) is 2.43. The van der Waals surface area contributed by atoms with Crippen LogP contribution in [0, 0.1) is 0 Å². The van der Waals surface area contributed by atoms with Crippen LogP contribution in [0.25, 0.3) is 0 Å². The quantitative estimate of drug-likeness (QED) is 0.632. The first-order valence-corrected chi connectivity index (χ1v) is 9.04.